The Bertz CT molecular complexity index is 514. The van der Waals surface area contributed by atoms with E-state index in [0.29, 0.717) is 11.6 Å². The van der Waals surface area contributed by atoms with Crippen molar-refractivity contribution in [2.75, 3.05) is 5.75 Å². The third kappa shape index (κ3) is 5.06. The summed E-state index contributed by atoms with van der Waals surface area (Å²) in [7, 11) is 0. The molecule has 2 rings (SSSR count). The highest BCUT2D eigenvalue weighted by Gasteiger charge is 2.09. The van der Waals surface area contributed by atoms with Crippen LogP contribution >= 0.6 is 34.9 Å². The van der Waals surface area contributed by atoms with Gasteiger partial charge in [0.25, 0.3) is 0 Å². The number of hydrogen-bond acceptors (Lipinski definition) is 8. The summed E-state index contributed by atoms with van der Waals surface area (Å²) in [5.74, 6) is 3.22. The molecule has 0 N–H and O–H groups in total. The van der Waals surface area contributed by atoms with Gasteiger partial charge in [-0.1, -0.05) is 60.3 Å². The summed E-state index contributed by atoms with van der Waals surface area (Å²) in [6.45, 7) is 4.29. The van der Waals surface area contributed by atoms with Gasteiger partial charge < -0.3 is 4.52 Å². The lowest BCUT2D eigenvalue weighted by atomic mass is 10.3. The number of hydrogen-bond donors (Lipinski definition) is 0. The largest absolute Gasteiger partial charge is 0.338 e. The molecule has 0 radical (unpaired) electrons. The van der Waals surface area contributed by atoms with E-state index >= 15 is 0 Å². The molecular formula is C12H18N4OS3. The Morgan fingerprint density at radius 3 is 2.65 bits per heavy atom. The zero-order valence-electron chi connectivity index (χ0n) is 11.7. The molecule has 0 saturated carbocycles. The highest BCUT2D eigenvalue weighted by molar-refractivity contribution is 8.02. The molecule has 0 aliphatic heterocycles. The Labute approximate surface area is 131 Å². The summed E-state index contributed by atoms with van der Waals surface area (Å²) in [5, 5.41) is 12.3. The second-order valence-electron chi connectivity index (χ2n) is 4.18. The Morgan fingerprint density at radius 2 is 1.90 bits per heavy atom. The van der Waals surface area contributed by atoms with E-state index < -0.39 is 0 Å². The smallest absolute Gasteiger partial charge is 0.237 e. The third-order valence-corrected chi connectivity index (χ3v) is 5.68. The van der Waals surface area contributed by atoms with E-state index in [2.05, 4.69) is 34.2 Å². The van der Waals surface area contributed by atoms with Crippen molar-refractivity contribution in [2.45, 2.75) is 54.0 Å². The number of aryl methyl sites for hydroxylation is 1. The molecule has 5 nitrogen and oxygen atoms in total. The summed E-state index contributed by atoms with van der Waals surface area (Å²) in [6, 6.07) is 0. The lowest BCUT2D eigenvalue weighted by Crippen LogP contribution is -1.86. The van der Waals surface area contributed by atoms with Crippen molar-refractivity contribution in [3.8, 4) is 0 Å². The van der Waals surface area contributed by atoms with Crippen molar-refractivity contribution >= 4 is 34.9 Å². The van der Waals surface area contributed by atoms with E-state index in [1.807, 2.05) is 0 Å². The maximum absolute atomic E-state index is 5.19. The summed E-state index contributed by atoms with van der Waals surface area (Å²) in [4.78, 5) is 4.34. The fourth-order valence-corrected chi connectivity index (χ4v) is 4.43. The molecule has 110 valence electrons. The lowest BCUT2D eigenvalue weighted by Gasteiger charge is -1.92. The van der Waals surface area contributed by atoms with Crippen LogP contribution in [0.5, 0.6) is 0 Å². The van der Waals surface area contributed by atoms with Gasteiger partial charge in [0.1, 0.15) is 0 Å². The molecule has 0 aromatic carbocycles. The van der Waals surface area contributed by atoms with Gasteiger partial charge in [0.15, 0.2) is 14.5 Å². The molecule has 0 spiro atoms. The molecule has 0 bridgehead atoms. The van der Waals surface area contributed by atoms with Crippen molar-refractivity contribution < 1.29 is 4.52 Å². The van der Waals surface area contributed by atoms with E-state index in [1.54, 1.807) is 34.9 Å². The van der Waals surface area contributed by atoms with Gasteiger partial charge in [0.2, 0.25) is 5.89 Å². The summed E-state index contributed by atoms with van der Waals surface area (Å²) in [6.07, 6.45) is 4.33. The van der Waals surface area contributed by atoms with Gasteiger partial charge in [0, 0.05) is 12.2 Å². The van der Waals surface area contributed by atoms with Crippen LogP contribution in [0, 0.1) is 0 Å². The molecule has 0 saturated heterocycles. The first-order valence-corrected chi connectivity index (χ1v) is 9.51. The van der Waals surface area contributed by atoms with Gasteiger partial charge in [-0.25, -0.2) is 0 Å². The van der Waals surface area contributed by atoms with Gasteiger partial charge >= 0.3 is 0 Å². The SMILES string of the molecule is CCCCSc1nnc(SCc2nc(CCC)no2)s1. The van der Waals surface area contributed by atoms with E-state index in [-0.39, 0.29) is 0 Å². The molecule has 0 fully saturated rings. The van der Waals surface area contributed by atoms with E-state index in [0.717, 1.165) is 33.1 Å². The predicted molar refractivity (Wildman–Crippen MR) is 83.4 cm³/mol. The molecule has 8 heteroatoms. The number of rotatable bonds is 9. The average molecular weight is 331 g/mol. The van der Waals surface area contributed by atoms with E-state index in [4.69, 9.17) is 4.52 Å². The van der Waals surface area contributed by atoms with Crippen molar-refractivity contribution in [2.24, 2.45) is 0 Å². The molecule has 0 unspecified atom stereocenters. The fourth-order valence-electron chi connectivity index (χ4n) is 1.42. The monoisotopic (exact) mass is 330 g/mol. The Morgan fingerprint density at radius 1 is 1.10 bits per heavy atom. The number of nitrogens with zero attached hydrogens (tertiary/aromatic N) is 4. The van der Waals surface area contributed by atoms with Crippen LogP contribution in [-0.4, -0.2) is 26.1 Å². The van der Waals surface area contributed by atoms with Crippen LogP contribution in [-0.2, 0) is 12.2 Å². The maximum Gasteiger partial charge on any atom is 0.237 e. The van der Waals surface area contributed by atoms with E-state index in [9.17, 15) is 0 Å². The van der Waals surface area contributed by atoms with Crippen molar-refractivity contribution in [3.63, 3.8) is 0 Å². The average Bonchev–Trinajstić information content (AvgIpc) is 3.07. The highest BCUT2D eigenvalue weighted by Crippen LogP contribution is 2.30. The minimum absolute atomic E-state index is 0.658. The first-order valence-electron chi connectivity index (χ1n) is 6.72. The van der Waals surface area contributed by atoms with Crippen molar-refractivity contribution in [3.05, 3.63) is 11.7 Å². The molecule has 0 atom stereocenters. The molecule has 0 aliphatic carbocycles. The highest BCUT2D eigenvalue weighted by atomic mass is 32.2. The van der Waals surface area contributed by atoms with Crippen LogP contribution in [0.3, 0.4) is 0 Å². The standard InChI is InChI=1S/C12H18N4OS3/c1-3-5-7-18-11-14-15-12(20-11)19-8-10-13-9(6-4-2)16-17-10/h3-8H2,1-2H3. The Hall–Kier alpha value is -0.600. The van der Waals surface area contributed by atoms with Gasteiger partial charge in [-0.3, -0.25) is 0 Å². The van der Waals surface area contributed by atoms with Crippen molar-refractivity contribution in [1.82, 2.24) is 20.3 Å². The van der Waals surface area contributed by atoms with Crippen LogP contribution in [0.2, 0.25) is 0 Å². The third-order valence-electron chi connectivity index (χ3n) is 2.41. The summed E-state index contributed by atoms with van der Waals surface area (Å²) >= 11 is 5.01. The maximum atomic E-state index is 5.19. The van der Waals surface area contributed by atoms with Crippen LogP contribution in [0.25, 0.3) is 0 Å². The molecule has 2 aromatic rings. The first kappa shape index (κ1) is 15.8. The van der Waals surface area contributed by atoms with Crippen LogP contribution in [0.15, 0.2) is 13.2 Å². The summed E-state index contributed by atoms with van der Waals surface area (Å²) < 4.78 is 7.19. The molecule has 0 amide bonds. The fraction of sp³-hybridized carbons (Fsp3) is 0.667. The lowest BCUT2D eigenvalue weighted by molar-refractivity contribution is 0.384. The zero-order chi connectivity index (χ0) is 14.2. The zero-order valence-corrected chi connectivity index (χ0v) is 14.1. The molecule has 0 aliphatic rings. The van der Waals surface area contributed by atoms with Crippen LogP contribution < -0.4 is 0 Å². The van der Waals surface area contributed by atoms with E-state index in [1.165, 1.54) is 12.8 Å². The van der Waals surface area contributed by atoms with Crippen LogP contribution in [0.1, 0.15) is 44.8 Å². The Balaban J connectivity index is 1.78. The number of unbranched alkanes of at least 4 members (excludes halogenated alkanes) is 1. The molecule has 20 heavy (non-hydrogen) atoms. The number of thioether (sulfide) groups is 2. The minimum Gasteiger partial charge on any atom is -0.338 e. The quantitative estimate of drug-likeness (QED) is 0.507. The van der Waals surface area contributed by atoms with Gasteiger partial charge in [-0.05, 0) is 12.8 Å². The minimum atomic E-state index is 0.658. The number of aromatic nitrogens is 4. The summed E-state index contributed by atoms with van der Waals surface area (Å²) in [5.41, 5.74) is 0. The first-order chi connectivity index (χ1) is 9.81. The molecule has 2 heterocycles. The topological polar surface area (TPSA) is 64.7 Å². The van der Waals surface area contributed by atoms with Gasteiger partial charge in [0.05, 0.1) is 5.75 Å². The van der Waals surface area contributed by atoms with Gasteiger partial charge in [-0.2, -0.15) is 4.98 Å². The van der Waals surface area contributed by atoms with Crippen LogP contribution in [0.4, 0.5) is 0 Å². The second kappa shape index (κ2) is 8.63. The molecular weight excluding hydrogens is 312 g/mol. The van der Waals surface area contributed by atoms with Crippen molar-refractivity contribution in [1.29, 1.82) is 0 Å². The van der Waals surface area contributed by atoms with Gasteiger partial charge in [-0.15, -0.1) is 10.2 Å². The second-order valence-corrected chi connectivity index (χ2v) is 7.72. The predicted octanol–water partition coefficient (Wildman–Crippen LogP) is 4.06. The normalized spacial score (nSPS) is 11.1. The molecule has 2 aromatic heterocycles. The Kier molecular flexibility index (Phi) is 6.81.